The van der Waals surface area contributed by atoms with Crippen molar-refractivity contribution in [2.24, 2.45) is 0 Å². The molecule has 0 aromatic heterocycles. The maximum Gasteiger partial charge on any atom is 0.222 e. The number of unbranched alkanes of at least 4 members (excludes halogenated alkanes) is 1. The quantitative estimate of drug-likeness (QED) is 0.808. The van der Waals surface area contributed by atoms with Gasteiger partial charge in [0.1, 0.15) is 5.75 Å². The maximum absolute atomic E-state index is 12.0. The molecule has 2 rings (SSSR count). The number of rotatable bonds is 6. The van der Waals surface area contributed by atoms with Gasteiger partial charge in [-0.2, -0.15) is 0 Å². The number of anilines is 1. The molecule has 0 aliphatic carbocycles. The first-order valence-electron chi connectivity index (χ1n) is 7.53. The summed E-state index contributed by atoms with van der Waals surface area (Å²) < 4.78 is 5.39. The molecule has 5 nitrogen and oxygen atoms in total. The fourth-order valence-corrected chi connectivity index (χ4v) is 2.63. The van der Waals surface area contributed by atoms with Crippen LogP contribution in [-0.4, -0.2) is 55.8 Å². The van der Waals surface area contributed by atoms with Crippen molar-refractivity contribution in [2.45, 2.75) is 19.3 Å². The largest absolute Gasteiger partial charge is 0.495 e. The monoisotopic (exact) mass is 292 g/mol. The second-order valence-electron chi connectivity index (χ2n) is 5.22. The lowest BCUT2D eigenvalue weighted by Crippen LogP contribution is -2.48. The van der Waals surface area contributed by atoms with Crippen LogP contribution in [0.4, 0.5) is 5.69 Å². The average Bonchev–Trinajstić information content (AvgIpc) is 2.55. The summed E-state index contributed by atoms with van der Waals surface area (Å²) >= 11 is 0. The lowest BCUT2D eigenvalue weighted by molar-refractivity contribution is -0.131. The predicted octanol–water partition coefficient (Wildman–Crippen LogP) is 1.51. The maximum atomic E-state index is 12.0. The number of benzene rings is 1. The molecule has 1 saturated heterocycles. The minimum absolute atomic E-state index is 0.162. The molecule has 1 fully saturated rings. The van der Waals surface area contributed by atoms with Crippen LogP contribution < -0.4 is 9.64 Å². The highest BCUT2D eigenvalue weighted by molar-refractivity contribution is 5.76. The number of carbonyl (C=O) groups excluding carboxylic acids is 1. The molecule has 1 N–H and O–H groups in total. The summed E-state index contributed by atoms with van der Waals surface area (Å²) in [6, 6.07) is 7.98. The highest BCUT2D eigenvalue weighted by atomic mass is 16.5. The zero-order chi connectivity index (χ0) is 15.1. The number of hydrogen-bond acceptors (Lipinski definition) is 4. The molecule has 1 aliphatic rings. The minimum Gasteiger partial charge on any atom is -0.495 e. The van der Waals surface area contributed by atoms with Crippen molar-refractivity contribution in [1.82, 2.24) is 4.90 Å². The van der Waals surface area contributed by atoms with Gasteiger partial charge in [0.25, 0.3) is 0 Å². The lowest BCUT2D eigenvalue weighted by Gasteiger charge is -2.36. The smallest absolute Gasteiger partial charge is 0.222 e. The van der Waals surface area contributed by atoms with Crippen LogP contribution in [0.5, 0.6) is 5.75 Å². The van der Waals surface area contributed by atoms with Crippen LogP contribution in [0.2, 0.25) is 0 Å². The summed E-state index contributed by atoms with van der Waals surface area (Å²) in [5.41, 5.74) is 1.09. The van der Waals surface area contributed by atoms with Crippen LogP contribution in [0, 0.1) is 0 Å². The van der Waals surface area contributed by atoms with E-state index < -0.39 is 0 Å². The topological polar surface area (TPSA) is 53.0 Å². The number of methoxy groups -OCH3 is 1. The Balaban J connectivity index is 1.87. The van der Waals surface area contributed by atoms with Crippen LogP contribution in [0.1, 0.15) is 19.3 Å². The van der Waals surface area contributed by atoms with E-state index in [0.29, 0.717) is 12.8 Å². The third-order valence-electron chi connectivity index (χ3n) is 3.86. The van der Waals surface area contributed by atoms with Gasteiger partial charge >= 0.3 is 0 Å². The van der Waals surface area contributed by atoms with Crippen molar-refractivity contribution in [3.05, 3.63) is 24.3 Å². The van der Waals surface area contributed by atoms with E-state index in [-0.39, 0.29) is 12.5 Å². The van der Waals surface area contributed by atoms with E-state index in [1.165, 1.54) is 0 Å². The van der Waals surface area contributed by atoms with Crippen molar-refractivity contribution in [2.75, 3.05) is 44.8 Å². The Kier molecular flexibility index (Phi) is 5.87. The summed E-state index contributed by atoms with van der Waals surface area (Å²) in [4.78, 5) is 16.2. The molecule has 1 amide bonds. The van der Waals surface area contributed by atoms with Gasteiger partial charge in [0.15, 0.2) is 0 Å². The van der Waals surface area contributed by atoms with E-state index in [2.05, 4.69) is 11.0 Å². The number of ether oxygens (including phenoxy) is 1. The fraction of sp³-hybridized carbons (Fsp3) is 0.562. The number of nitrogens with zero attached hydrogens (tertiary/aromatic N) is 2. The van der Waals surface area contributed by atoms with E-state index in [9.17, 15) is 4.79 Å². The molecule has 21 heavy (non-hydrogen) atoms. The molecule has 116 valence electrons. The molecule has 0 unspecified atom stereocenters. The van der Waals surface area contributed by atoms with Crippen LogP contribution >= 0.6 is 0 Å². The molecule has 5 heteroatoms. The van der Waals surface area contributed by atoms with Crippen molar-refractivity contribution in [3.8, 4) is 5.75 Å². The van der Waals surface area contributed by atoms with Gasteiger partial charge in [-0.25, -0.2) is 0 Å². The van der Waals surface area contributed by atoms with E-state index >= 15 is 0 Å². The zero-order valence-corrected chi connectivity index (χ0v) is 12.6. The lowest BCUT2D eigenvalue weighted by atomic mass is 10.2. The minimum atomic E-state index is 0.162. The highest BCUT2D eigenvalue weighted by Crippen LogP contribution is 2.28. The normalized spacial score (nSPS) is 15.1. The number of carbonyl (C=O) groups is 1. The van der Waals surface area contributed by atoms with Gasteiger partial charge in [-0.3, -0.25) is 4.79 Å². The standard InChI is InChI=1S/C16H24N2O3/c1-21-15-7-3-2-6-14(15)17-9-11-18(12-10-17)16(20)8-4-5-13-19/h2-3,6-7,19H,4-5,8-13H2,1H3. The first-order chi connectivity index (χ1) is 10.3. The SMILES string of the molecule is COc1ccccc1N1CCN(C(=O)CCCCO)CC1. The molecule has 1 aromatic carbocycles. The summed E-state index contributed by atoms with van der Waals surface area (Å²) in [5, 5.41) is 8.76. The highest BCUT2D eigenvalue weighted by Gasteiger charge is 2.22. The molecule has 0 bridgehead atoms. The molecule has 0 radical (unpaired) electrons. The first-order valence-corrected chi connectivity index (χ1v) is 7.53. The van der Waals surface area contributed by atoms with Gasteiger partial charge < -0.3 is 19.6 Å². The second kappa shape index (κ2) is 7.88. The predicted molar refractivity (Wildman–Crippen MR) is 82.7 cm³/mol. The van der Waals surface area contributed by atoms with Crippen molar-refractivity contribution in [1.29, 1.82) is 0 Å². The van der Waals surface area contributed by atoms with Crippen LogP contribution in [0.3, 0.4) is 0 Å². The summed E-state index contributed by atoms with van der Waals surface area (Å²) in [6.07, 6.45) is 2.00. The Morgan fingerprint density at radius 2 is 1.90 bits per heavy atom. The second-order valence-corrected chi connectivity index (χ2v) is 5.22. The number of piperazine rings is 1. The molecule has 0 spiro atoms. The van der Waals surface area contributed by atoms with Gasteiger partial charge in [-0.1, -0.05) is 12.1 Å². The van der Waals surface area contributed by atoms with Crippen LogP contribution in [-0.2, 0) is 4.79 Å². The molecular formula is C16H24N2O3. The molecule has 1 aromatic rings. The molecular weight excluding hydrogens is 268 g/mol. The van der Waals surface area contributed by atoms with E-state index in [1.54, 1.807) is 7.11 Å². The number of para-hydroxylation sites is 2. The molecule has 1 aliphatic heterocycles. The number of aliphatic hydroxyl groups excluding tert-OH is 1. The molecule has 0 saturated carbocycles. The van der Waals surface area contributed by atoms with Crippen molar-refractivity contribution in [3.63, 3.8) is 0 Å². The number of amides is 1. The van der Waals surface area contributed by atoms with Crippen LogP contribution in [0.25, 0.3) is 0 Å². The summed E-state index contributed by atoms with van der Waals surface area (Å²) in [7, 11) is 1.68. The molecule has 1 heterocycles. The Morgan fingerprint density at radius 1 is 1.19 bits per heavy atom. The van der Waals surface area contributed by atoms with Crippen LogP contribution in [0.15, 0.2) is 24.3 Å². The Bertz CT molecular complexity index is 457. The first kappa shape index (κ1) is 15.6. The van der Waals surface area contributed by atoms with Gasteiger partial charge in [0.2, 0.25) is 5.91 Å². The molecule has 0 atom stereocenters. The Labute approximate surface area is 126 Å². The zero-order valence-electron chi connectivity index (χ0n) is 12.6. The van der Waals surface area contributed by atoms with E-state index in [4.69, 9.17) is 9.84 Å². The van der Waals surface area contributed by atoms with Crippen molar-refractivity contribution >= 4 is 11.6 Å². The van der Waals surface area contributed by atoms with Gasteiger partial charge in [-0.15, -0.1) is 0 Å². The van der Waals surface area contributed by atoms with Gasteiger partial charge in [0, 0.05) is 39.2 Å². The Hall–Kier alpha value is -1.75. The van der Waals surface area contributed by atoms with Gasteiger partial charge in [-0.05, 0) is 25.0 Å². The summed E-state index contributed by atoms with van der Waals surface area (Å²) in [5.74, 6) is 1.07. The third kappa shape index (κ3) is 4.11. The van der Waals surface area contributed by atoms with E-state index in [0.717, 1.165) is 44.0 Å². The average molecular weight is 292 g/mol. The van der Waals surface area contributed by atoms with E-state index in [1.807, 2.05) is 23.1 Å². The number of hydrogen-bond donors (Lipinski definition) is 1. The number of aliphatic hydroxyl groups is 1. The Morgan fingerprint density at radius 3 is 2.57 bits per heavy atom. The summed E-state index contributed by atoms with van der Waals surface area (Å²) in [6.45, 7) is 3.30. The third-order valence-corrected chi connectivity index (χ3v) is 3.86. The fourth-order valence-electron chi connectivity index (χ4n) is 2.63. The van der Waals surface area contributed by atoms with Gasteiger partial charge in [0.05, 0.1) is 12.8 Å². The van der Waals surface area contributed by atoms with Crippen molar-refractivity contribution < 1.29 is 14.6 Å².